The molecule has 3 aromatic heterocycles. The lowest BCUT2D eigenvalue weighted by atomic mass is 10.1. The number of alkyl halides is 5. The minimum Gasteiger partial charge on any atom is -0.453 e. The molecule has 2 aliphatic carbocycles. The maximum absolute atomic E-state index is 14.1. The zero-order valence-electron chi connectivity index (χ0n) is 24.9. The number of halogens is 5. The van der Waals surface area contributed by atoms with E-state index < -0.39 is 48.0 Å². The summed E-state index contributed by atoms with van der Waals surface area (Å²) in [6.45, 7) is 0. The smallest absolute Gasteiger partial charge is 0.418 e. The number of anilines is 3. The summed E-state index contributed by atoms with van der Waals surface area (Å²) >= 11 is 0. The number of aromatic nitrogens is 4. The van der Waals surface area contributed by atoms with Crippen molar-refractivity contribution in [2.24, 2.45) is 5.73 Å². The number of amides is 1. The highest BCUT2D eigenvalue weighted by atomic mass is 19.4. The molecule has 0 radical (unpaired) electrons. The van der Waals surface area contributed by atoms with Crippen LogP contribution in [0.25, 0.3) is 21.9 Å². The van der Waals surface area contributed by atoms with Gasteiger partial charge in [-0.05, 0) is 43.5 Å². The van der Waals surface area contributed by atoms with Crippen LogP contribution in [-0.4, -0.2) is 59.6 Å². The Kier molecular flexibility index (Phi) is 9.04. The fraction of sp³-hybridized carbons (Fsp3) is 0.448. The standard InChI is InChI=1S/C27H27F5N6O4.C2H5NO2/c28-25(29)8-7-15(12-25)34-16-9-14-5-6-21(36-23(14)18(10-16)26(30,31)32)35-22-11-19-20(13-33-22)38(27(40,41)42)24(39)37(19)17-3-1-2-4-17;1-5-2(3)4/h5-6,9-11,13,15,17,34,40-42H,1-4,7-8,12H2,(H,33,35,36);1H3,(H2,3,4). The Morgan fingerprint density at radius 1 is 1.06 bits per heavy atom. The van der Waals surface area contributed by atoms with Gasteiger partial charge in [0.05, 0.1) is 35.4 Å². The van der Waals surface area contributed by atoms with E-state index >= 15 is 0 Å². The Bertz CT molecular complexity index is 1850. The molecule has 0 bridgehead atoms. The van der Waals surface area contributed by atoms with Crippen molar-refractivity contribution in [1.82, 2.24) is 19.1 Å². The number of nitrogens with zero attached hydrogens (tertiary/aromatic N) is 4. The first kappa shape index (κ1) is 33.8. The fourth-order valence-corrected chi connectivity index (χ4v) is 6.03. The molecule has 1 aromatic carbocycles. The fourth-order valence-electron chi connectivity index (χ4n) is 6.03. The largest absolute Gasteiger partial charge is 0.453 e. The molecule has 1 unspecified atom stereocenters. The minimum absolute atomic E-state index is 0.00557. The Labute approximate surface area is 262 Å². The third-order valence-electron chi connectivity index (χ3n) is 8.08. The molecule has 0 spiro atoms. The van der Waals surface area contributed by atoms with Crippen LogP contribution in [0.5, 0.6) is 0 Å². The van der Waals surface area contributed by atoms with Crippen molar-refractivity contribution in [2.45, 2.75) is 75.2 Å². The third-order valence-corrected chi connectivity index (χ3v) is 8.08. The van der Waals surface area contributed by atoms with Gasteiger partial charge < -0.3 is 36.4 Å². The molecule has 2 aliphatic rings. The zero-order valence-corrected chi connectivity index (χ0v) is 24.9. The van der Waals surface area contributed by atoms with Gasteiger partial charge in [0.15, 0.2) is 0 Å². The van der Waals surface area contributed by atoms with Crippen LogP contribution in [0.2, 0.25) is 0 Å². The van der Waals surface area contributed by atoms with Gasteiger partial charge in [0.1, 0.15) is 11.6 Å². The number of carbonyl (C=O) groups is 1. The van der Waals surface area contributed by atoms with Crippen LogP contribution >= 0.6 is 0 Å². The number of primary amides is 1. The van der Waals surface area contributed by atoms with Crippen LogP contribution < -0.4 is 22.1 Å². The normalized spacial score (nSPS) is 18.3. The SMILES string of the molecule is COC(N)=O.O=c1n(C2CCCC2)c2cc(Nc3ccc4cc(NC5CCC(F)(F)C5)cc(C(F)(F)F)c4n3)ncc2n1C(O)(O)O. The van der Waals surface area contributed by atoms with Crippen molar-refractivity contribution in [1.29, 1.82) is 0 Å². The molecular formula is C29H32F5N7O6. The zero-order chi connectivity index (χ0) is 34.3. The summed E-state index contributed by atoms with van der Waals surface area (Å²) in [5.41, 5.74) is 2.40. The van der Waals surface area contributed by atoms with Gasteiger partial charge >= 0.3 is 24.1 Å². The Morgan fingerprint density at radius 2 is 1.74 bits per heavy atom. The maximum atomic E-state index is 14.1. The predicted molar refractivity (Wildman–Crippen MR) is 159 cm³/mol. The van der Waals surface area contributed by atoms with E-state index in [-0.39, 0.29) is 58.1 Å². The highest BCUT2D eigenvalue weighted by molar-refractivity contribution is 5.88. The Balaban J connectivity index is 0.000000807. The molecule has 0 aliphatic heterocycles. The molecular weight excluding hydrogens is 637 g/mol. The number of methoxy groups -OCH3 is 1. The van der Waals surface area contributed by atoms with Crippen molar-refractivity contribution < 1.29 is 46.8 Å². The molecule has 254 valence electrons. The molecule has 1 amide bonds. The summed E-state index contributed by atoms with van der Waals surface area (Å²) < 4.78 is 75.1. The molecule has 13 nitrogen and oxygen atoms in total. The summed E-state index contributed by atoms with van der Waals surface area (Å²) in [5.74, 6) is -2.75. The van der Waals surface area contributed by atoms with Crippen LogP contribution in [0.15, 0.2) is 41.3 Å². The van der Waals surface area contributed by atoms with Gasteiger partial charge in [0.25, 0.3) is 0 Å². The number of carbonyl (C=O) groups excluding carboxylic acids is 1. The van der Waals surface area contributed by atoms with Crippen molar-refractivity contribution in [3.05, 3.63) is 52.6 Å². The van der Waals surface area contributed by atoms with E-state index in [9.17, 15) is 46.9 Å². The number of fused-ring (bicyclic) bond motifs is 2. The van der Waals surface area contributed by atoms with Crippen LogP contribution in [-0.2, 0) is 17.0 Å². The number of ether oxygens (including phenoxy) is 1. The summed E-state index contributed by atoms with van der Waals surface area (Å²) in [4.78, 5) is 30.7. The van der Waals surface area contributed by atoms with Crippen molar-refractivity contribution in [3.8, 4) is 0 Å². The molecule has 0 saturated heterocycles. The lowest BCUT2D eigenvalue weighted by Crippen LogP contribution is -2.41. The molecule has 2 saturated carbocycles. The lowest BCUT2D eigenvalue weighted by molar-refractivity contribution is -0.374. The Hall–Kier alpha value is -4.55. The molecule has 3 heterocycles. The number of nitrogens with one attached hydrogen (secondary N) is 2. The second-order valence-electron chi connectivity index (χ2n) is 11.5. The molecule has 1 atom stereocenters. The minimum atomic E-state index is -4.79. The number of imidazole rings is 1. The van der Waals surface area contributed by atoms with Crippen LogP contribution in [0.4, 0.5) is 44.1 Å². The van der Waals surface area contributed by atoms with Gasteiger partial charge in [0.2, 0.25) is 5.92 Å². The van der Waals surface area contributed by atoms with Crippen molar-refractivity contribution in [3.63, 3.8) is 0 Å². The molecule has 2 fully saturated rings. The van der Waals surface area contributed by atoms with Crippen molar-refractivity contribution >= 4 is 45.4 Å². The van der Waals surface area contributed by atoms with Gasteiger partial charge in [-0.15, -0.1) is 0 Å². The quantitative estimate of drug-likeness (QED) is 0.126. The predicted octanol–water partition coefficient (Wildman–Crippen LogP) is 4.48. The number of rotatable bonds is 6. The van der Waals surface area contributed by atoms with E-state index in [4.69, 9.17) is 0 Å². The summed E-state index contributed by atoms with van der Waals surface area (Å²) in [6, 6.07) is 5.62. The van der Waals surface area contributed by atoms with E-state index in [1.54, 1.807) is 0 Å². The number of hydrogen-bond acceptors (Lipinski definition) is 10. The number of hydrogen-bond donors (Lipinski definition) is 6. The highest BCUT2D eigenvalue weighted by Crippen LogP contribution is 2.40. The van der Waals surface area contributed by atoms with Gasteiger partial charge in [-0.25, -0.2) is 32.9 Å². The second kappa shape index (κ2) is 12.6. The number of aliphatic hydroxyl groups is 3. The number of benzene rings is 1. The van der Waals surface area contributed by atoms with E-state index in [0.717, 1.165) is 25.1 Å². The molecule has 4 aromatic rings. The first-order chi connectivity index (χ1) is 22.0. The van der Waals surface area contributed by atoms with E-state index in [0.29, 0.717) is 17.4 Å². The van der Waals surface area contributed by atoms with E-state index in [2.05, 4.69) is 31.1 Å². The molecule has 7 N–H and O–H groups in total. The van der Waals surface area contributed by atoms with Gasteiger partial charge in [-0.3, -0.25) is 4.57 Å². The van der Waals surface area contributed by atoms with Crippen LogP contribution in [0.1, 0.15) is 56.6 Å². The maximum Gasteiger partial charge on any atom is 0.418 e. The number of pyridine rings is 2. The van der Waals surface area contributed by atoms with Crippen molar-refractivity contribution in [2.75, 3.05) is 17.7 Å². The highest BCUT2D eigenvalue weighted by Gasteiger charge is 2.40. The summed E-state index contributed by atoms with van der Waals surface area (Å²) in [5, 5.41) is 35.2. The molecule has 47 heavy (non-hydrogen) atoms. The topological polar surface area (TPSA) is 190 Å². The van der Waals surface area contributed by atoms with Crippen LogP contribution in [0.3, 0.4) is 0 Å². The van der Waals surface area contributed by atoms with E-state index in [1.165, 1.54) is 35.9 Å². The lowest BCUT2D eigenvalue weighted by Gasteiger charge is -2.18. The summed E-state index contributed by atoms with van der Waals surface area (Å²) in [7, 11) is 1.22. The first-order valence-electron chi connectivity index (χ1n) is 14.5. The average Bonchev–Trinajstić information content (AvgIpc) is 3.69. The summed E-state index contributed by atoms with van der Waals surface area (Å²) in [6.07, 6.45) is -5.50. The van der Waals surface area contributed by atoms with E-state index in [1.807, 2.05) is 0 Å². The second-order valence-corrected chi connectivity index (χ2v) is 11.5. The van der Waals surface area contributed by atoms with Crippen LogP contribution in [0, 0.1) is 0 Å². The van der Waals surface area contributed by atoms with Gasteiger partial charge in [0, 0.05) is 42.1 Å². The first-order valence-corrected chi connectivity index (χ1v) is 14.5. The molecule has 6 rings (SSSR count). The number of nitrogens with two attached hydrogens (primary N) is 1. The average molecular weight is 670 g/mol. The third kappa shape index (κ3) is 7.39. The molecule has 18 heteroatoms. The monoisotopic (exact) mass is 669 g/mol. The van der Waals surface area contributed by atoms with Gasteiger partial charge in [-0.1, -0.05) is 12.8 Å². The Morgan fingerprint density at radius 3 is 2.32 bits per heavy atom. The van der Waals surface area contributed by atoms with Gasteiger partial charge in [-0.2, -0.15) is 13.2 Å².